The highest BCUT2D eigenvalue weighted by Crippen LogP contribution is 2.44. The van der Waals surface area contributed by atoms with Gasteiger partial charge in [-0.25, -0.2) is 0 Å². The van der Waals surface area contributed by atoms with Crippen LogP contribution in [0.1, 0.15) is 76.6 Å². The highest BCUT2D eigenvalue weighted by atomic mass is 31.2. The van der Waals surface area contributed by atoms with Crippen LogP contribution in [0.15, 0.2) is 170 Å². The third-order valence-electron chi connectivity index (χ3n) is 22.0. The number of aryl methyl sites for hydroxylation is 2. The maximum absolute atomic E-state index is 13.1. The van der Waals surface area contributed by atoms with Gasteiger partial charge in [0.15, 0.2) is 0 Å². The summed E-state index contributed by atoms with van der Waals surface area (Å²) in [6, 6.07) is 47.5. The summed E-state index contributed by atoms with van der Waals surface area (Å²) < 4.78 is 69.6. The number of phosphoric ester groups is 3. The molecule has 0 heterocycles. The van der Waals surface area contributed by atoms with E-state index in [1.165, 1.54) is 0 Å². The third-order valence-corrected chi connectivity index (χ3v) is 24.9. The van der Waals surface area contributed by atoms with Crippen molar-refractivity contribution < 1.29 is 204 Å². The van der Waals surface area contributed by atoms with Gasteiger partial charge in [0.1, 0.15) is 0 Å². The van der Waals surface area contributed by atoms with Gasteiger partial charge in [-0.3, -0.25) is 57.8 Å². The Balaban J connectivity index is 0.000000463. The zero-order valence-electron chi connectivity index (χ0n) is 80.6. The molecule has 0 N–H and O–H groups in total. The van der Waals surface area contributed by atoms with Gasteiger partial charge in [-0.2, -0.15) is 0 Å². The first-order chi connectivity index (χ1) is 69.5. The predicted molar refractivity (Wildman–Crippen MR) is 475 cm³/mol. The van der Waals surface area contributed by atoms with Crippen LogP contribution in [0.2, 0.25) is 0 Å². The van der Waals surface area contributed by atoms with Crippen LogP contribution in [-0.4, -0.2) is 348 Å². The second-order valence-corrected chi connectivity index (χ2v) is 38.1. The van der Waals surface area contributed by atoms with Crippen LogP contribution >= 0.6 is 23.5 Å². The van der Waals surface area contributed by atoms with E-state index in [4.69, 9.17) is 27.1 Å². The van der Waals surface area contributed by atoms with Gasteiger partial charge < -0.3 is 190 Å². The molecule has 6 aromatic rings. The van der Waals surface area contributed by atoms with Crippen LogP contribution in [-0.2, 0) is 131 Å². The van der Waals surface area contributed by atoms with Gasteiger partial charge in [0.2, 0.25) is 0 Å². The summed E-state index contributed by atoms with van der Waals surface area (Å²) in [6.45, 7) is -15.9. The average Bonchev–Trinajstić information content (AvgIpc) is 0.788. The monoisotopic (exact) mass is 2130 g/mol. The number of phosphoric acid groups is 3. The number of aliphatic carboxylic acids is 15. The van der Waals surface area contributed by atoms with Crippen LogP contribution in [0.3, 0.4) is 0 Å². The van der Waals surface area contributed by atoms with Crippen LogP contribution in [0.5, 0.6) is 0 Å². The molecule has 6 aromatic carbocycles. The van der Waals surface area contributed by atoms with E-state index >= 15 is 0 Å². The molecule has 0 fully saturated rings. The first kappa shape index (κ1) is 128. The molecule has 54 heteroatoms. The van der Waals surface area contributed by atoms with E-state index in [0.717, 1.165) is 73.9 Å². The summed E-state index contributed by atoms with van der Waals surface area (Å²) in [4.78, 5) is 216. The van der Waals surface area contributed by atoms with E-state index in [1.807, 2.05) is 130 Å². The second-order valence-electron chi connectivity index (χ2n) is 33.9. The molecule has 6 rings (SSSR count). The van der Waals surface area contributed by atoms with E-state index in [1.54, 1.807) is 60.7 Å². The fourth-order valence-electron chi connectivity index (χ4n) is 15.3. The number of hydrogen-bond donors (Lipinski definition) is 0. The summed E-state index contributed by atoms with van der Waals surface area (Å²) in [6.07, 6.45) is 0.215. The lowest BCUT2D eigenvalue weighted by Gasteiger charge is -2.38. The molecule has 0 saturated carbocycles. The van der Waals surface area contributed by atoms with Gasteiger partial charge in [-0.15, -0.1) is 0 Å². The largest absolute Gasteiger partial charge is 0.756 e. The molecular weight excluding hydrogens is 2020 g/mol. The molecular formula is C94H110N9O42P3-18. The number of nitrogens with zero attached hydrogens (tertiary/aromatic N) is 9. The molecule has 6 atom stereocenters. The molecule has 0 saturated heterocycles. The second kappa shape index (κ2) is 65.9. The maximum Gasteiger partial charge on any atom is 0.268 e. The number of benzene rings is 6. The Morgan fingerprint density at radius 3 is 0.777 bits per heavy atom. The Morgan fingerprint density at radius 1 is 0.291 bits per heavy atom. The van der Waals surface area contributed by atoms with Gasteiger partial charge in [-0.1, -0.05) is 188 Å². The number of carboxylic acids is 15. The van der Waals surface area contributed by atoms with Crippen molar-refractivity contribution in [1.29, 1.82) is 0 Å². The number of carbonyl (C=O) groups excluding carboxylic acids is 15. The smallest absolute Gasteiger partial charge is 0.268 e. The fourth-order valence-corrected chi connectivity index (χ4v) is 17.8. The first-order valence-corrected chi connectivity index (χ1v) is 49.6. The Bertz CT molecular complexity index is 5160. The van der Waals surface area contributed by atoms with Crippen molar-refractivity contribution in [3.63, 3.8) is 0 Å². The number of carboxylic acid groups (broad SMARTS) is 15. The molecule has 51 nitrogen and oxygen atoms in total. The topological polar surface area (TPSA) is 807 Å². The van der Waals surface area contributed by atoms with Gasteiger partial charge in [-0.05, 0) is 79.3 Å². The SMILES string of the molecule is Cc1ccc(C(C)(CCCOP(=O)([O-])OCC(CN(CCN(CC(=O)[O-])CC(=O)[O-])CC(=O)[O-])N(CC(=O)[O-])CC(=O)[O-])c2ccc(C)cc2)cc1.O=C([O-])CN(CCN(CC(=O)[O-])CC(COP(=O)([O-])OC(Cc1ccccc1)Cc1ccccc1)N(CC(=O)[O-])CC(=O)[O-])CC(=O)[O-].O=C([O-])CN(CCN(CC(=O)[O-])CC(COP(=O)([O-])OCCC(c1ccccc1)c1ccccc1)N(CC(=O)[O-])CC(=O)[O-])CC(=O)[O-]. The van der Waals surface area contributed by atoms with E-state index in [0.29, 0.717) is 21.1 Å². The molecule has 0 aliphatic carbocycles. The Kier molecular flexibility index (Phi) is 56.9. The van der Waals surface area contributed by atoms with Crippen molar-refractivity contribution in [2.75, 3.05) is 190 Å². The molecule has 0 amide bonds. The Morgan fingerprint density at radius 2 is 0.520 bits per heavy atom. The molecule has 0 aromatic heterocycles. The Labute approximate surface area is 850 Å². The molecule has 816 valence electrons. The van der Waals surface area contributed by atoms with Crippen molar-refractivity contribution in [2.24, 2.45) is 0 Å². The predicted octanol–water partition coefficient (Wildman–Crippen LogP) is -18.0. The van der Waals surface area contributed by atoms with Crippen LogP contribution in [0, 0.1) is 13.8 Å². The van der Waals surface area contributed by atoms with Crippen molar-refractivity contribution in [1.82, 2.24) is 44.1 Å². The lowest BCUT2D eigenvalue weighted by Crippen LogP contribution is -2.55. The minimum Gasteiger partial charge on any atom is -0.756 e. The maximum atomic E-state index is 13.1. The van der Waals surface area contributed by atoms with Crippen molar-refractivity contribution in [3.05, 3.63) is 214 Å². The summed E-state index contributed by atoms with van der Waals surface area (Å²) in [7, 11) is -15.5. The van der Waals surface area contributed by atoms with Gasteiger partial charge in [0.25, 0.3) is 23.5 Å². The van der Waals surface area contributed by atoms with Crippen molar-refractivity contribution in [2.45, 2.75) is 88.4 Å². The molecule has 0 aliphatic rings. The van der Waals surface area contributed by atoms with Gasteiger partial charge in [0.05, 0.1) is 129 Å². The lowest BCUT2D eigenvalue weighted by atomic mass is 9.73. The summed E-state index contributed by atoms with van der Waals surface area (Å²) in [5.41, 5.74) is 6.86. The summed E-state index contributed by atoms with van der Waals surface area (Å²) in [5, 5.41) is 170. The highest BCUT2D eigenvalue weighted by molar-refractivity contribution is 7.46. The highest BCUT2D eigenvalue weighted by Gasteiger charge is 2.33. The molecule has 0 spiro atoms. The first-order valence-electron chi connectivity index (χ1n) is 45.3. The summed E-state index contributed by atoms with van der Waals surface area (Å²) in [5.74, 6) is -25.7. The molecule has 0 bridgehead atoms. The zero-order valence-corrected chi connectivity index (χ0v) is 83.3. The summed E-state index contributed by atoms with van der Waals surface area (Å²) >= 11 is 0. The standard InChI is InChI=1S/C34H48N3O14P.2C30H40N3O14P/c1-24-5-9-26(10-6-24)34(3,27-11-7-25(2)8-12-27)13-4-16-50-52(48,49)51-23-28(37(21-32(44)45)22-33(46)47)17-35(18-29(38)39)14-15-36(19-30(40)41)20-31(42)43;34-26(35)16-31(12-13-32(17-27(36)37)18-28(38)39)15-24(33(19-29(40)41)20-30(42)43)21-47-48(44,45)46-14-11-25(22-7-3-1-4-8-22)23-9-5-2-6-10-23;34-26(35)16-31(11-12-32(17-27(36)37)18-28(38)39)15-24(33(19-29(40)41)20-30(42)43)21-46-48(44,45)47-25(13-22-7-3-1-4-8-22)14-23-9-5-2-6-10-23/h5-12,28H,4,13-23H2,1-3H3,(H,38,39)(H,40,41)(H,42,43)(H,44,45)(H,46,47)(H,48,49);2*1-10,24-25H,11-21H2,(H,34,35)(H,36,37)(H,38,39)(H,40,41)(H,42,43)(H,44,45)/p-18. The van der Waals surface area contributed by atoms with Crippen LogP contribution in [0.25, 0.3) is 0 Å². The lowest BCUT2D eigenvalue weighted by molar-refractivity contribution is -0.314. The molecule has 0 radical (unpaired) electrons. The zero-order chi connectivity index (χ0) is 110. The van der Waals surface area contributed by atoms with Crippen molar-refractivity contribution >= 4 is 113 Å². The number of carbonyl (C=O) groups is 15. The number of rotatable bonds is 76. The third kappa shape index (κ3) is 55.4. The van der Waals surface area contributed by atoms with Crippen molar-refractivity contribution in [3.8, 4) is 0 Å². The molecule has 0 aliphatic heterocycles. The van der Waals surface area contributed by atoms with E-state index in [9.17, 15) is 177 Å². The average molecular weight is 2130 g/mol. The number of hydrogen-bond acceptors (Lipinski definition) is 51. The fraction of sp³-hybridized carbons (Fsp3) is 0.457. The quantitative estimate of drug-likeness (QED) is 0.0253. The minimum absolute atomic E-state index is 0.143. The molecule has 6 unspecified atom stereocenters. The Hall–Kier alpha value is -12.7. The molecule has 148 heavy (non-hydrogen) atoms. The van der Waals surface area contributed by atoms with E-state index in [2.05, 4.69) is 0 Å². The van der Waals surface area contributed by atoms with Gasteiger partial charge >= 0.3 is 0 Å². The van der Waals surface area contributed by atoms with E-state index < -0.39 is 306 Å². The minimum atomic E-state index is -5.22. The van der Waals surface area contributed by atoms with Gasteiger partial charge in [0, 0.05) is 187 Å². The van der Waals surface area contributed by atoms with Crippen LogP contribution < -0.4 is 91.3 Å². The van der Waals surface area contributed by atoms with Crippen LogP contribution in [0.4, 0.5) is 0 Å². The van der Waals surface area contributed by atoms with E-state index in [-0.39, 0.29) is 57.9 Å². The normalized spacial score (nSPS) is 13.5.